The molecule has 0 bridgehead atoms. The maximum absolute atomic E-state index is 12.5. The van der Waals surface area contributed by atoms with Crippen LogP contribution in [0.3, 0.4) is 0 Å². The molecule has 2 aromatic rings. The Kier molecular flexibility index (Phi) is 5.58. The van der Waals surface area contributed by atoms with E-state index in [9.17, 15) is 4.79 Å². The van der Waals surface area contributed by atoms with Gasteiger partial charge in [-0.15, -0.1) is 0 Å². The molecule has 138 valence electrons. The van der Waals surface area contributed by atoms with E-state index in [4.69, 9.17) is 9.47 Å². The molecule has 7 heteroatoms. The fraction of sp³-hybridized carbons (Fsp3) is 0.368. The summed E-state index contributed by atoms with van der Waals surface area (Å²) in [5.74, 6) is 1.37. The summed E-state index contributed by atoms with van der Waals surface area (Å²) in [4.78, 5) is 20.9. The van der Waals surface area contributed by atoms with Gasteiger partial charge in [0.05, 0.1) is 31.8 Å². The van der Waals surface area contributed by atoms with E-state index in [1.807, 2.05) is 23.1 Å². The second kappa shape index (κ2) is 8.05. The Bertz CT molecular complexity index is 756. The lowest BCUT2D eigenvalue weighted by Crippen LogP contribution is -2.47. The van der Waals surface area contributed by atoms with Gasteiger partial charge in [0.1, 0.15) is 17.2 Å². The molecular weight excluding hydrogens is 332 g/mol. The van der Waals surface area contributed by atoms with Crippen molar-refractivity contribution < 1.29 is 14.3 Å². The number of likely N-dealkylation sites (N-methyl/N-ethyl adjacent to an activating group) is 1. The van der Waals surface area contributed by atoms with Crippen molar-refractivity contribution in [1.82, 2.24) is 14.8 Å². The summed E-state index contributed by atoms with van der Waals surface area (Å²) in [6.45, 7) is 3.26. The molecule has 7 nitrogen and oxygen atoms in total. The molecule has 2 heterocycles. The van der Waals surface area contributed by atoms with Crippen LogP contribution >= 0.6 is 0 Å². The van der Waals surface area contributed by atoms with Crippen molar-refractivity contribution in [1.29, 1.82) is 0 Å². The van der Waals surface area contributed by atoms with E-state index in [1.54, 1.807) is 32.5 Å². The molecule has 1 fully saturated rings. The van der Waals surface area contributed by atoms with Crippen molar-refractivity contribution in [3.05, 3.63) is 42.2 Å². The van der Waals surface area contributed by atoms with Crippen molar-refractivity contribution in [2.24, 2.45) is 0 Å². The number of hydrogen-bond donors (Lipinski definition) is 1. The van der Waals surface area contributed by atoms with E-state index in [2.05, 4.69) is 22.2 Å². The molecule has 1 aliphatic rings. The number of carbonyl (C=O) groups is 1. The summed E-state index contributed by atoms with van der Waals surface area (Å²) in [5.41, 5.74) is 2.04. The van der Waals surface area contributed by atoms with Crippen molar-refractivity contribution >= 4 is 17.3 Å². The lowest BCUT2D eigenvalue weighted by molar-refractivity contribution is 0.0658. The average molecular weight is 356 g/mol. The highest BCUT2D eigenvalue weighted by atomic mass is 16.5. The van der Waals surface area contributed by atoms with Crippen LogP contribution in [0.1, 0.15) is 10.5 Å². The van der Waals surface area contributed by atoms with Crippen molar-refractivity contribution in [3.63, 3.8) is 0 Å². The van der Waals surface area contributed by atoms with Crippen LogP contribution in [0.2, 0.25) is 0 Å². The first-order valence-electron chi connectivity index (χ1n) is 8.53. The number of amides is 1. The van der Waals surface area contributed by atoms with Gasteiger partial charge in [-0.2, -0.15) is 0 Å². The van der Waals surface area contributed by atoms with Gasteiger partial charge in [-0.3, -0.25) is 4.79 Å². The highest BCUT2D eigenvalue weighted by molar-refractivity contribution is 5.92. The van der Waals surface area contributed by atoms with E-state index in [0.29, 0.717) is 11.4 Å². The molecule has 1 saturated heterocycles. The van der Waals surface area contributed by atoms with E-state index in [-0.39, 0.29) is 5.91 Å². The molecule has 3 rings (SSSR count). The maximum Gasteiger partial charge on any atom is 0.272 e. The Morgan fingerprint density at radius 1 is 1.08 bits per heavy atom. The number of aromatic nitrogens is 1. The topological polar surface area (TPSA) is 66.9 Å². The predicted molar refractivity (Wildman–Crippen MR) is 100 cm³/mol. The van der Waals surface area contributed by atoms with Crippen LogP contribution < -0.4 is 14.8 Å². The molecule has 1 aromatic heterocycles. The number of rotatable bonds is 5. The molecule has 0 unspecified atom stereocenters. The summed E-state index contributed by atoms with van der Waals surface area (Å²) in [5, 5.41) is 3.25. The van der Waals surface area contributed by atoms with Gasteiger partial charge >= 0.3 is 0 Å². The van der Waals surface area contributed by atoms with Gasteiger partial charge in [0.25, 0.3) is 5.91 Å². The van der Waals surface area contributed by atoms with Gasteiger partial charge in [0.15, 0.2) is 0 Å². The van der Waals surface area contributed by atoms with E-state index in [0.717, 1.165) is 43.3 Å². The van der Waals surface area contributed by atoms with Crippen molar-refractivity contribution in [2.75, 3.05) is 52.8 Å². The van der Waals surface area contributed by atoms with Gasteiger partial charge in [-0.25, -0.2) is 4.98 Å². The van der Waals surface area contributed by atoms with Gasteiger partial charge in [-0.05, 0) is 31.3 Å². The summed E-state index contributed by atoms with van der Waals surface area (Å²) in [7, 11) is 5.28. The molecule has 1 aromatic carbocycles. The zero-order valence-corrected chi connectivity index (χ0v) is 15.4. The number of nitrogens with zero attached hydrogens (tertiary/aromatic N) is 3. The minimum absolute atomic E-state index is 0.0216. The molecule has 0 atom stereocenters. The average Bonchev–Trinajstić information content (AvgIpc) is 2.69. The zero-order chi connectivity index (χ0) is 18.5. The summed E-state index contributed by atoms with van der Waals surface area (Å²) in [6.07, 6.45) is 1.66. The smallest absolute Gasteiger partial charge is 0.272 e. The third-order valence-electron chi connectivity index (χ3n) is 4.46. The largest absolute Gasteiger partial charge is 0.497 e. The van der Waals surface area contributed by atoms with Crippen LogP contribution in [0.5, 0.6) is 11.5 Å². The molecule has 1 N–H and O–H groups in total. The second-order valence-corrected chi connectivity index (χ2v) is 6.22. The molecule has 1 aliphatic heterocycles. The highest BCUT2D eigenvalue weighted by Gasteiger charge is 2.21. The van der Waals surface area contributed by atoms with Crippen LogP contribution in [0.4, 0.5) is 11.4 Å². The summed E-state index contributed by atoms with van der Waals surface area (Å²) in [6, 6.07) is 9.13. The Labute approximate surface area is 153 Å². The molecule has 0 radical (unpaired) electrons. The number of anilines is 2. The number of nitrogens with one attached hydrogen (secondary N) is 1. The van der Waals surface area contributed by atoms with E-state index in [1.165, 1.54) is 0 Å². The molecule has 26 heavy (non-hydrogen) atoms. The number of methoxy groups -OCH3 is 2. The zero-order valence-electron chi connectivity index (χ0n) is 15.4. The van der Waals surface area contributed by atoms with Crippen LogP contribution in [-0.4, -0.2) is 68.1 Å². The second-order valence-electron chi connectivity index (χ2n) is 6.22. The fourth-order valence-electron chi connectivity index (χ4n) is 2.82. The molecule has 0 aliphatic carbocycles. The van der Waals surface area contributed by atoms with Gasteiger partial charge < -0.3 is 24.6 Å². The minimum atomic E-state index is -0.0216. The van der Waals surface area contributed by atoms with Crippen molar-refractivity contribution in [3.8, 4) is 11.5 Å². The first kappa shape index (κ1) is 18.0. The third-order valence-corrected chi connectivity index (χ3v) is 4.46. The first-order valence-corrected chi connectivity index (χ1v) is 8.53. The van der Waals surface area contributed by atoms with Crippen LogP contribution in [-0.2, 0) is 0 Å². The number of benzene rings is 1. The van der Waals surface area contributed by atoms with Gasteiger partial charge in [-0.1, -0.05) is 0 Å². The number of pyridine rings is 1. The molecule has 0 saturated carbocycles. The normalized spacial score (nSPS) is 14.8. The number of hydrogen-bond acceptors (Lipinski definition) is 6. The Morgan fingerprint density at radius 3 is 2.46 bits per heavy atom. The lowest BCUT2D eigenvalue weighted by Gasteiger charge is -2.32. The molecule has 1 amide bonds. The van der Waals surface area contributed by atoms with Crippen LogP contribution in [0, 0.1) is 0 Å². The van der Waals surface area contributed by atoms with E-state index >= 15 is 0 Å². The SMILES string of the molecule is COc1ccc(Nc2ccc(C(=O)N3CCN(C)CC3)nc2)c(OC)c1. The van der Waals surface area contributed by atoms with Crippen LogP contribution in [0.25, 0.3) is 0 Å². The number of carbonyl (C=O) groups excluding carboxylic acids is 1. The fourth-order valence-corrected chi connectivity index (χ4v) is 2.82. The van der Waals surface area contributed by atoms with Crippen LogP contribution in [0.15, 0.2) is 36.5 Å². The monoisotopic (exact) mass is 356 g/mol. The minimum Gasteiger partial charge on any atom is -0.497 e. The standard InChI is InChI=1S/C19H24N4O3/c1-22-8-10-23(11-9-22)19(24)17-6-4-14(13-20-17)21-16-7-5-15(25-2)12-18(16)26-3/h4-7,12-13,21H,8-11H2,1-3H3. The highest BCUT2D eigenvalue weighted by Crippen LogP contribution is 2.31. The Morgan fingerprint density at radius 2 is 1.85 bits per heavy atom. The summed E-state index contributed by atoms with van der Waals surface area (Å²) < 4.78 is 10.6. The van der Waals surface area contributed by atoms with Crippen molar-refractivity contribution in [2.45, 2.75) is 0 Å². The molecule has 0 spiro atoms. The van der Waals surface area contributed by atoms with Gasteiger partial charge in [0.2, 0.25) is 0 Å². The quantitative estimate of drug-likeness (QED) is 0.886. The Hall–Kier alpha value is -2.80. The molecular formula is C19H24N4O3. The summed E-state index contributed by atoms with van der Waals surface area (Å²) >= 11 is 0. The van der Waals surface area contributed by atoms with Gasteiger partial charge in [0, 0.05) is 32.2 Å². The third kappa shape index (κ3) is 4.05. The maximum atomic E-state index is 12.5. The Balaban J connectivity index is 1.69. The van der Waals surface area contributed by atoms with E-state index < -0.39 is 0 Å². The first-order chi connectivity index (χ1) is 12.6. The number of piperazine rings is 1. The lowest BCUT2D eigenvalue weighted by atomic mass is 10.2. The number of ether oxygens (including phenoxy) is 2. The predicted octanol–water partition coefficient (Wildman–Crippen LogP) is 2.23.